The van der Waals surface area contributed by atoms with Gasteiger partial charge in [-0.2, -0.15) is 0 Å². The van der Waals surface area contributed by atoms with Crippen molar-refractivity contribution in [3.63, 3.8) is 0 Å². The van der Waals surface area contributed by atoms with Crippen molar-refractivity contribution < 1.29 is 19.8 Å². The van der Waals surface area contributed by atoms with Gasteiger partial charge in [-0.15, -0.1) is 12.4 Å². The SMILES string of the molecule is Cc1cc(OCc2ccc(C(C)[C@]3(C)CC(=O)NC3=O)cc2)cc(C2CC2)n1.Cl.O. The molecule has 1 saturated heterocycles. The summed E-state index contributed by atoms with van der Waals surface area (Å²) < 4.78 is 5.99. The minimum Gasteiger partial charge on any atom is -0.489 e. The van der Waals surface area contributed by atoms with E-state index in [0.717, 1.165) is 28.3 Å². The zero-order valence-corrected chi connectivity index (χ0v) is 18.3. The van der Waals surface area contributed by atoms with E-state index >= 15 is 0 Å². The van der Waals surface area contributed by atoms with E-state index in [1.54, 1.807) is 0 Å². The third kappa shape index (κ3) is 4.82. The Hall–Kier alpha value is -2.44. The number of halogens is 1. The first-order valence-corrected chi connectivity index (χ1v) is 9.89. The van der Waals surface area contributed by atoms with E-state index in [1.165, 1.54) is 12.8 Å². The summed E-state index contributed by atoms with van der Waals surface area (Å²) >= 11 is 0. The number of amides is 2. The largest absolute Gasteiger partial charge is 0.489 e. The maximum Gasteiger partial charge on any atom is 0.233 e. The number of ether oxygens (including phenoxy) is 1. The molecular weight excluding hydrogens is 404 g/mol. The Morgan fingerprint density at radius 3 is 2.43 bits per heavy atom. The van der Waals surface area contributed by atoms with Gasteiger partial charge in [0.15, 0.2) is 0 Å². The number of imide groups is 1. The first kappa shape index (κ1) is 23.8. The standard InChI is InChI=1S/C23H26N2O3.ClH.H2O/c1-14-10-19(11-20(24-14)18-8-9-18)28-13-16-4-6-17(7-5-16)15(2)23(3)12-21(26)25-22(23)27;;/h4-7,10-11,15,18H,8-9,12-13H2,1-3H3,(H,25,26,27);1H;1H2/t15?,23-;;/m0../s1. The molecule has 0 spiro atoms. The van der Waals surface area contributed by atoms with E-state index in [-0.39, 0.29) is 42.0 Å². The molecule has 0 radical (unpaired) electrons. The number of hydrogen-bond acceptors (Lipinski definition) is 4. The fourth-order valence-corrected chi connectivity index (χ4v) is 3.85. The van der Waals surface area contributed by atoms with Gasteiger partial charge >= 0.3 is 0 Å². The molecule has 162 valence electrons. The average molecular weight is 433 g/mol. The lowest BCUT2D eigenvalue weighted by Crippen LogP contribution is -2.33. The first-order valence-electron chi connectivity index (χ1n) is 9.89. The van der Waals surface area contributed by atoms with Gasteiger partial charge in [0, 0.05) is 35.9 Å². The van der Waals surface area contributed by atoms with E-state index in [0.29, 0.717) is 12.5 Å². The van der Waals surface area contributed by atoms with E-state index in [4.69, 9.17) is 4.74 Å². The molecule has 1 saturated carbocycles. The highest BCUT2D eigenvalue weighted by Crippen LogP contribution is 2.42. The van der Waals surface area contributed by atoms with Gasteiger partial charge in [-0.25, -0.2) is 0 Å². The predicted octanol–water partition coefficient (Wildman–Crippen LogP) is 3.60. The zero-order valence-electron chi connectivity index (χ0n) is 17.5. The summed E-state index contributed by atoms with van der Waals surface area (Å²) in [7, 11) is 0. The molecule has 7 heteroatoms. The van der Waals surface area contributed by atoms with Crippen molar-refractivity contribution in [2.75, 3.05) is 0 Å². The van der Waals surface area contributed by atoms with Crippen LogP contribution in [0.1, 0.15) is 67.5 Å². The van der Waals surface area contributed by atoms with Gasteiger partial charge in [0.25, 0.3) is 0 Å². The highest BCUT2D eigenvalue weighted by molar-refractivity contribution is 6.06. The number of carbonyl (C=O) groups is 2. The molecule has 2 aromatic rings. The fourth-order valence-electron chi connectivity index (χ4n) is 3.85. The van der Waals surface area contributed by atoms with Crippen LogP contribution in [-0.4, -0.2) is 22.3 Å². The second-order valence-corrected chi connectivity index (χ2v) is 8.37. The quantitative estimate of drug-likeness (QED) is 0.704. The second-order valence-electron chi connectivity index (χ2n) is 8.37. The molecule has 2 heterocycles. The van der Waals surface area contributed by atoms with Gasteiger partial charge in [-0.05, 0) is 43.7 Å². The Balaban J connectivity index is 0.00000160. The second kappa shape index (κ2) is 9.14. The number of benzene rings is 1. The van der Waals surface area contributed by atoms with Gasteiger partial charge in [0.05, 0.1) is 5.41 Å². The van der Waals surface area contributed by atoms with Crippen LogP contribution in [0.3, 0.4) is 0 Å². The number of aryl methyl sites for hydroxylation is 1. The number of nitrogens with zero attached hydrogens (tertiary/aromatic N) is 1. The molecule has 0 bridgehead atoms. The van der Waals surface area contributed by atoms with Gasteiger partial charge in [0.2, 0.25) is 11.8 Å². The summed E-state index contributed by atoms with van der Waals surface area (Å²) in [6, 6.07) is 12.1. The van der Waals surface area contributed by atoms with Crippen LogP contribution >= 0.6 is 12.4 Å². The minimum atomic E-state index is -0.692. The Morgan fingerprint density at radius 1 is 1.20 bits per heavy atom. The molecular formula is C23H29ClN2O4. The number of nitrogens with one attached hydrogen (secondary N) is 1. The van der Waals surface area contributed by atoms with Crippen LogP contribution in [0, 0.1) is 12.3 Å². The third-order valence-electron chi connectivity index (χ3n) is 6.08. The normalized spacial score (nSPS) is 21.3. The third-order valence-corrected chi connectivity index (χ3v) is 6.08. The molecule has 3 N–H and O–H groups in total. The Bertz CT molecular complexity index is 927. The zero-order chi connectivity index (χ0) is 19.9. The van der Waals surface area contributed by atoms with Gasteiger partial charge in [-0.1, -0.05) is 31.2 Å². The molecule has 2 fully saturated rings. The number of rotatable bonds is 6. The maximum absolute atomic E-state index is 12.2. The Kier molecular flexibility index (Phi) is 7.27. The molecule has 4 rings (SSSR count). The van der Waals surface area contributed by atoms with E-state index in [2.05, 4.69) is 16.4 Å². The summed E-state index contributed by atoms with van der Waals surface area (Å²) in [5.74, 6) is 1.04. The van der Waals surface area contributed by atoms with Crippen molar-refractivity contribution in [1.29, 1.82) is 0 Å². The number of pyridine rings is 1. The van der Waals surface area contributed by atoms with Crippen molar-refractivity contribution in [1.82, 2.24) is 10.3 Å². The smallest absolute Gasteiger partial charge is 0.233 e. The first-order chi connectivity index (χ1) is 13.3. The van der Waals surface area contributed by atoms with Gasteiger partial charge in [0.1, 0.15) is 12.4 Å². The van der Waals surface area contributed by atoms with Crippen molar-refractivity contribution >= 4 is 24.2 Å². The highest BCUT2D eigenvalue weighted by Gasteiger charge is 2.46. The molecule has 1 aromatic carbocycles. The fraction of sp³-hybridized carbons (Fsp3) is 0.435. The van der Waals surface area contributed by atoms with Crippen LogP contribution in [-0.2, 0) is 16.2 Å². The Morgan fingerprint density at radius 2 is 1.87 bits per heavy atom. The molecule has 2 aliphatic rings. The van der Waals surface area contributed by atoms with Crippen LogP contribution in [0.4, 0.5) is 0 Å². The van der Waals surface area contributed by atoms with E-state index < -0.39 is 5.41 Å². The predicted molar refractivity (Wildman–Crippen MR) is 117 cm³/mol. The molecule has 1 aliphatic carbocycles. The van der Waals surface area contributed by atoms with Crippen LogP contribution in [0.2, 0.25) is 0 Å². The topological polar surface area (TPSA) is 99.8 Å². The summed E-state index contributed by atoms with van der Waals surface area (Å²) in [6.07, 6.45) is 2.68. The number of hydrogen-bond donors (Lipinski definition) is 1. The van der Waals surface area contributed by atoms with Crippen LogP contribution < -0.4 is 10.1 Å². The summed E-state index contributed by atoms with van der Waals surface area (Å²) in [5, 5.41) is 2.43. The van der Waals surface area contributed by atoms with Gasteiger partial charge in [-0.3, -0.25) is 19.9 Å². The van der Waals surface area contributed by atoms with Gasteiger partial charge < -0.3 is 10.2 Å². The summed E-state index contributed by atoms with van der Waals surface area (Å²) in [6.45, 7) is 6.35. The lowest BCUT2D eigenvalue weighted by Gasteiger charge is -2.28. The van der Waals surface area contributed by atoms with E-state index in [9.17, 15) is 9.59 Å². The lowest BCUT2D eigenvalue weighted by atomic mass is 9.73. The molecule has 2 amide bonds. The van der Waals surface area contributed by atoms with Crippen LogP contribution in [0.15, 0.2) is 36.4 Å². The average Bonchev–Trinajstić information content (AvgIpc) is 3.47. The molecule has 2 atom stereocenters. The molecule has 30 heavy (non-hydrogen) atoms. The number of aromatic nitrogens is 1. The van der Waals surface area contributed by atoms with Crippen LogP contribution in [0.25, 0.3) is 0 Å². The minimum absolute atomic E-state index is 0. The monoisotopic (exact) mass is 432 g/mol. The van der Waals surface area contributed by atoms with Crippen molar-refractivity contribution in [2.45, 2.75) is 58.5 Å². The molecule has 1 aromatic heterocycles. The lowest BCUT2D eigenvalue weighted by molar-refractivity contribution is -0.128. The highest BCUT2D eigenvalue weighted by atomic mass is 35.5. The van der Waals surface area contributed by atoms with Crippen molar-refractivity contribution in [3.8, 4) is 5.75 Å². The van der Waals surface area contributed by atoms with Crippen molar-refractivity contribution in [3.05, 3.63) is 58.9 Å². The molecule has 6 nitrogen and oxygen atoms in total. The maximum atomic E-state index is 12.2. The molecule has 1 unspecified atom stereocenters. The van der Waals surface area contributed by atoms with Crippen LogP contribution in [0.5, 0.6) is 5.75 Å². The summed E-state index contributed by atoms with van der Waals surface area (Å²) in [5.41, 5.74) is 3.54. The number of carbonyl (C=O) groups excluding carboxylic acids is 2. The summed E-state index contributed by atoms with van der Waals surface area (Å²) in [4.78, 5) is 28.4. The Labute approximate surface area is 183 Å². The van der Waals surface area contributed by atoms with Crippen molar-refractivity contribution in [2.24, 2.45) is 5.41 Å². The molecule has 1 aliphatic heterocycles. The van der Waals surface area contributed by atoms with E-state index in [1.807, 2.05) is 51.1 Å².